The van der Waals surface area contributed by atoms with Crippen LogP contribution in [0, 0.1) is 0 Å². The van der Waals surface area contributed by atoms with E-state index in [0.29, 0.717) is 11.9 Å². The Labute approximate surface area is 150 Å². The minimum atomic E-state index is 0.196. The molecule has 134 valence electrons. The summed E-state index contributed by atoms with van der Waals surface area (Å²) < 4.78 is 10.9. The standard InChI is InChI=1S/C20H27N3O2/c1-15(2)25-18-7-5-17(6-8-18)19-13-21-10-11-23(19)14-16-4-9-20(24-3)22-12-16/h4-9,12,15,19,21H,10-11,13-14H2,1-3H3. The number of nitrogens with zero attached hydrogens (tertiary/aromatic N) is 2. The molecule has 1 unspecified atom stereocenters. The summed E-state index contributed by atoms with van der Waals surface area (Å²) in [5, 5.41) is 3.51. The average molecular weight is 341 g/mol. The molecule has 0 bridgehead atoms. The maximum absolute atomic E-state index is 5.75. The summed E-state index contributed by atoms with van der Waals surface area (Å²) in [6, 6.07) is 12.8. The molecular formula is C20H27N3O2. The number of rotatable bonds is 6. The van der Waals surface area contributed by atoms with E-state index in [1.54, 1.807) is 7.11 Å². The number of nitrogens with one attached hydrogen (secondary N) is 1. The second-order valence-corrected chi connectivity index (χ2v) is 6.63. The molecule has 0 spiro atoms. The van der Waals surface area contributed by atoms with Crippen molar-refractivity contribution in [1.29, 1.82) is 0 Å². The fraction of sp³-hybridized carbons (Fsp3) is 0.450. The summed E-state index contributed by atoms with van der Waals surface area (Å²) in [6.45, 7) is 7.95. The van der Waals surface area contributed by atoms with Crippen molar-refractivity contribution in [2.75, 3.05) is 26.7 Å². The third-order valence-corrected chi connectivity index (χ3v) is 4.38. The van der Waals surface area contributed by atoms with Gasteiger partial charge in [-0.3, -0.25) is 4.90 Å². The number of methoxy groups -OCH3 is 1. The number of benzene rings is 1. The van der Waals surface area contributed by atoms with E-state index in [1.807, 2.05) is 26.1 Å². The van der Waals surface area contributed by atoms with Crippen LogP contribution >= 0.6 is 0 Å². The van der Waals surface area contributed by atoms with E-state index in [9.17, 15) is 0 Å². The van der Waals surface area contributed by atoms with Crippen molar-refractivity contribution in [2.24, 2.45) is 0 Å². The fourth-order valence-corrected chi connectivity index (χ4v) is 3.16. The summed E-state index contributed by atoms with van der Waals surface area (Å²) >= 11 is 0. The van der Waals surface area contributed by atoms with E-state index in [4.69, 9.17) is 9.47 Å². The normalized spacial score (nSPS) is 18.3. The van der Waals surface area contributed by atoms with Gasteiger partial charge in [-0.25, -0.2) is 4.98 Å². The van der Waals surface area contributed by atoms with Gasteiger partial charge in [-0.1, -0.05) is 18.2 Å². The van der Waals surface area contributed by atoms with Gasteiger partial charge in [0.05, 0.1) is 13.2 Å². The third-order valence-electron chi connectivity index (χ3n) is 4.38. The molecule has 1 saturated heterocycles. The molecule has 0 amide bonds. The maximum Gasteiger partial charge on any atom is 0.212 e. The Hall–Kier alpha value is -2.11. The fourth-order valence-electron chi connectivity index (χ4n) is 3.16. The van der Waals surface area contributed by atoms with Gasteiger partial charge in [0, 0.05) is 44.5 Å². The van der Waals surface area contributed by atoms with Crippen LogP contribution < -0.4 is 14.8 Å². The number of piperazine rings is 1. The quantitative estimate of drug-likeness (QED) is 0.875. The van der Waals surface area contributed by atoms with E-state index in [2.05, 4.69) is 45.5 Å². The molecule has 1 aliphatic rings. The number of pyridine rings is 1. The highest BCUT2D eigenvalue weighted by atomic mass is 16.5. The maximum atomic E-state index is 5.75. The van der Waals surface area contributed by atoms with E-state index >= 15 is 0 Å². The van der Waals surface area contributed by atoms with Crippen molar-refractivity contribution in [1.82, 2.24) is 15.2 Å². The van der Waals surface area contributed by atoms with Crippen molar-refractivity contribution in [2.45, 2.75) is 32.5 Å². The average Bonchev–Trinajstić information content (AvgIpc) is 2.63. The summed E-state index contributed by atoms with van der Waals surface area (Å²) in [6.07, 6.45) is 2.10. The second kappa shape index (κ2) is 8.32. The van der Waals surface area contributed by atoms with Gasteiger partial charge in [-0.05, 0) is 37.1 Å². The first-order chi connectivity index (χ1) is 12.2. The Bertz CT molecular complexity index is 656. The predicted octanol–water partition coefficient (Wildman–Crippen LogP) is 3.02. The SMILES string of the molecule is COc1ccc(CN2CCNCC2c2ccc(OC(C)C)cc2)cn1. The Morgan fingerprint density at radius 3 is 2.64 bits per heavy atom. The highest BCUT2D eigenvalue weighted by molar-refractivity contribution is 5.30. The van der Waals surface area contributed by atoms with Crippen molar-refractivity contribution in [3.8, 4) is 11.6 Å². The van der Waals surface area contributed by atoms with Crippen LogP contribution in [-0.2, 0) is 6.54 Å². The first kappa shape index (κ1) is 17.7. The largest absolute Gasteiger partial charge is 0.491 e. The van der Waals surface area contributed by atoms with Crippen LogP contribution in [0.1, 0.15) is 31.0 Å². The molecule has 2 heterocycles. The molecule has 1 aromatic carbocycles. The molecule has 0 radical (unpaired) electrons. The Kier molecular flexibility index (Phi) is 5.89. The minimum absolute atomic E-state index is 0.196. The molecule has 5 heteroatoms. The molecule has 1 aliphatic heterocycles. The monoisotopic (exact) mass is 341 g/mol. The molecular weight excluding hydrogens is 314 g/mol. The van der Waals surface area contributed by atoms with Gasteiger partial charge in [0.25, 0.3) is 0 Å². The summed E-state index contributed by atoms with van der Waals surface area (Å²) in [4.78, 5) is 6.82. The number of hydrogen-bond donors (Lipinski definition) is 1. The van der Waals surface area contributed by atoms with E-state index < -0.39 is 0 Å². The van der Waals surface area contributed by atoms with Crippen molar-refractivity contribution < 1.29 is 9.47 Å². The molecule has 1 N–H and O–H groups in total. The van der Waals surface area contributed by atoms with E-state index in [-0.39, 0.29) is 6.10 Å². The van der Waals surface area contributed by atoms with Crippen LogP contribution in [-0.4, -0.2) is 42.7 Å². The van der Waals surface area contributed by atoms with Gasteiger partial charge in [0.15, 0.2) is 0 Å². The Morgan fingerprint density at radius 2 is 2.00 bits per heavy atom. The first-order valence-electron chi connectivity index (χ1n) is 8.86. The molecule has 0 saturated carbocycles. The van der Waals surface area contributed by atoms with Crippen LogP contribution in [0.3, 0.4) is 0 Å². The molecule has 3 rings (SSSR count). The van der Waals surface area contributed by atoms with Gasteiger partial charge >= 0.3 is 0 Å². The van der Waals surface area contributed by atoms with Gasteiger partial charge in [0.1, 0.15) is 5.75 Å². The summed E-state index contributed by atoms with van der Waals surface area (Å²) in [5.74, 6) is 1.58. The van der Waals surface area contributed by atoms with Gasteiger partial charge < -0.3 is 14.8 Å². The van der Waals surface area contributed by atoms with E-state index in [0.717, 1.165) is 31.9 Å². The van der Waals surface area contributed by atoms with Gasteiger partial charge in [0.2, 0.25) is 5.88 Å². The lowest BCUT2D eigenvalue weighted by atomic mass is 10.0. The molecule has 1 atom stereocenters. The highest BCUT2D eigenvalue weighted by Crippen LogP contribution is 2.26. The van der Waals surface area contributed by atoms with E-state index in [1.165, 1.54) is 11.1 Å². The third kappa shape index (κ3) is 4.71. The van der Waals surface area contributed by atoms with Crippen molar-refractivity contribution in [3.63, 3.8) is 0 Å². The predicted molar refractivity (Wildman–Crippen MR) is 99.0 cm³/mol. The minimum Gasteiger partial charge on any atom is -0.491 e. The number of aromatic nitrogens is 1. The molecule has 2 aromatic rings. The smallest absolute Gasteiger partial charge is 0.212 e. The van der Waals surface area contributed by atoms with Crippen molar-refractivity contribution in [3.05, 3.63) is 53.7 Å². The number of ether oxygens (including phenoxy) is 2. The lowest BCUT2D eigenvalue weighted by Crippen LogP contribution is -2.45. The first-order valence-corrected chi connectivity index (χ1v) is 8.86. The van der Waals surface area contributed by atoms with Gasteiger partial charge in [-0.2, -0.15) is 0 Å². The number of hydrogen-bond acceptors (Lipinski definition) is 5. The Balaban J connectivity index is 1.71. The van der Waals surface area contributed by atoms with Crippen LogP contribution in [0.2, 0.25) is 0 Å². The highest BCUT2D eigenvalue weighted by Gasteiger charge is 2.24. The summed E-state index contributed by atoms with van der Waals surface area (Å²) in [7, 11) is 1.64. The van der Waals surface area contributed by atoms with Gasteiger partial charge in [-0.15, -0.1) is 0 Å². The zero-order valence-corrected chi connectivity index (χ0v) is 15.2. The van der Waals surface area contributed by atoms with Crippen molar-refractivity contribution >= 4 is 0 Å². The van der Waals surface area contributed by atoms with Crippen LogP contribution in [0.25, 0.3) is 0 Å². The summed E-state index contributed by atoms with van der Waals surface area (Å²) in [5.41, 5.74) is 2.51. The zero-order valence-electron chi connectivity index (χ0n) is 15.2. The topological polar surface area (TPSA) is 46.6 Å². The van der Waals surface area contributed by atoms with Crippen LogP contribution in [0.15, 0.2) is 42.6 Å². The zero-order chi connectivity index (χ0) is 17.6. The van der Waals surface area contributed by atoms with Crippen LogP contribution in [0.4, 0.5) is 0 Å². The lowest BCUT2D eigenvalue weighted by Gasteiger charge is -2.36. The molecule has 0 aliphatic carbocycles. The molecule has 1 fully saturated rings. The van der Waals surface area contributed by atoms with Crippen LogP contribution in [0.5, 0.6) is 11.6 Å². The molecule has 25 heavy (non-hydrogen) atoms. The second-order valence-electron chi connectivity index (χ2n) is 6.63. The molecule has 5 nitrogen and oxygen atoms in total. The Morgan fingerprint density at radius 1 is 1.20 bits per heavy atom. The molecule has 1 aromatic heterocycles. The lowest BCUT2D eigenvalue weighted by molar-refractivity contribution is 0.153.